The lowest BCUT2D eigenvalue weighted by atomic mass is 9.70. The first-order valence-corrected chi connectivity index (χ1v) is 7.79. The van der Waals surface area contributed by atoms with Crippen LogP contribution in [0.15, 0.2) is 29.8 Å². The molecule has 4 nitrogen and oxygen atoms in total. The SMILES string of the molecule is CC12CCC(/C(=C/c3nnc4ccccc4n3)C1=O)C2(C)C. The van der Waals surface area contributed by atoms with Crippen LogP contribution in [-0.4, -0.2) is 21.0 Å². The first kappa shape index (κ1) is 13.6. The Bertz CT molecular complexity index is 824. The number of allylic oxidation sites excluding steroid dienone is 1. The summed E-state index contributed by atoms with van der Waals surface area (Å²) in [7, 11) is 0. The summed E-state index contributed by atoms with van der Waals surface area (Å²) in [5.74, 6) is 1.11. The molecule has 0 N–H and O–H groups in total. The zero-order chi connectivity index (χ0) is 15.5. The fourth-order valence-electron chi connectivity index (χ4n) is 4.19. The highest BCUT2D eigenvalue weighted by Crippen LogP contribution is 2.65. The molecule has 2 saturated carbocycles. The second-order valence-corrected chi connectivity index (χ2v) is 7.23. The van der Waals surface area contributed by atoms with Gasteiger partial charge in [0.1, 0.15) is 5.52 Å². The van der Waals surface area contributed by atoms with Crippen molar-refractivity contribution in [3.8, 4) is 0 Å². The van der Waals surface area contributed by atoms with Crippen LogP contribution in [0.1, 0.15) is 39.4 Å². The summed E-state index contributed by atoms with van der Waals surface area (Å²) in [6.45, 7) is 6.53. The van der Waals surface area contributed by atoms with Crippen LogP contribution in [-0.2, 0) is 4.79 Å². The molecular weight excluding hydrogens is 274 g/mol. The Morgan fingerprint density at radius 2 is 1.86 bits per heavy atom. The van der Waals surface area contributed by atoms with E-state index in [1.165, 1.54) is 0 Å². The summed E-state index contributed by atoms with van der Waals surface area (Å²) in [6.07, 6.45) is 3.92. The highest BCUT2D eigenvalue weighted by molar-refractivity contribution is 6.07. The van der Waals surface area contributed by atoms with Crippen molar-refractivity contribution >= 4 is 22.9 Å². The van der Waals surface area contributed by atoms with Crippen molar-refractivity contribution in [2.45, 2.75) is 33.6 Å². The van der Waals surface area contributed by atoms with E-state index in [2.05, 4.69) is 36.0 Å². The van der Waals surface area contributed by atoms with Crippen molar-refractivity contribution < 1.29 is 4.79 Å². The van der Waals surface area contributed by atoms with E-state index < -0.39 is 0 Å². The zero-order valence-electron chi connectivity index (χ0n) is 13.1. The number of rotatable bonds is 1. The van der Waals surface area contributed by atoms with Gasteiger partial charge in [-0.1, -0.05) is 32.9 Å². The largest absolute Gasteiger partial charge is 0.294 e. The van der Waals surface area contributed by atoms with Gasteiger partial charge in [-0.15, -0.1) is 10.2 Å². The minimum absolute atomic E-state index is 0.0141. The molecule has 0 aliphatic heterocycles. The van der Waals surface area contributed by atoms with E-state index in [9.17, 15) is 4.79 Å². The number of benzene rings is 1. The lowest BCUT2D eigenvalue weighted by Gasteiger charge is -2.31. The standard InChI is InChI=1S/C18H19N3O/c1-17(2)12-8-9-18(17,3)16(22)11(12)10-15-19-13-6-4-5-7-14(13)20-21-15/h4-7,10,12H,8-9H2,1-3H3/b11-10-. The fraction of sp³-hybridized carbons (Fsp3) is 0.444. The molecule has 2 bridgehead atoms. The van der Waals surface area contributed by atoms with Crippen molar-refractivity contribution in [1.82, 2.24) is 15.2 Å². The van der Waals surface area contributed by atoms with Gasteiger partial charge in [0.05, 0.1) is 5.52 Å². The quantitative estimate of drug-likeness (QED) is 0.756. The van der Waals surface area contributed by atoms with Gasteiger partial charge in [-0.3, -0.25) is 4.79 Å². The lowest BCUT2D eigenvalue weighted by Crippen LogP contribution is -2.32. The number of ketones is 1. The molecule has 2 unspecified atom stereocenters. The molecule has 1 aromatic carbocycles. The van der Waals surface area contributed by atoms with Gasteiger partial charge in [-0.2, -0.15) is 0 Å². The Morgan fingerprint density at radius 1 is 1.14 bits per heavy atom. The van der Waals surface area contributed by atoms with Crippen molar-refractivity contribution in [2.75, 3.05) is 0 Å². The summed E-state index contributed by atoms with van der Waals surface area (Å²) in [6, 6.07) is 7.65. The molecule has 2 aromatic rings. The van der Waals surface area contributed by atoms with E-state index in [1.54, 1.807) is 0 Å². The number of fused-ring (bicyclic) bond motifs is 3. The smallest absolute Gasteiger partial charge is 0.175 e. The number of carbonyl (C=O) groups excluding carboxylic acids is 1. The molecule has 0 saturated heterocycles. The summed E-state index contributed by atoms with van der Waals surface area (Å²) in [4.78, 5) is 17.4. The summed E-state index contributed by atoms with van der Waals surface area (Å²) in [5, 5.41) is 8.36. The Hall–Kier alpha value is -2.10. The molecule has 4 heteroatoms. The van der Waals surface area contributed by atoms with Crippen molar-refractivity contribution in [1.29, 1.82) is 0 Å². The number of aromatic nitrogens is 3. The average molecular weight is 293 g/mol. The van der Waals surface area contributed by atoms with Gasteiger partial charge < -0.3 is 0 Å². The predicted molar refractivity (Wildman–Crippen MR) is 84.9 cm³/mol. The van der Waals surface area contributed by atoms with Gasteiger partial charge in [-0.25, -0.2) is 4.98 Å². The van der Waals surface area contributed by atoms with Gasteiger partial charge in [-0.05, 0) is 42.4 Å². The molecule has 22 heavy (non-hydrogen) atoms. The normalized spacial score (nSPS) is 31.3. The number of Topliss-reactive ketones (excluding diaryl/α,β-unsaturated/α-hetero) is 1. The molecule has 2 atom stereocenters. The van der Waals surface area contributed by atoms with Crippen LogP contribution in [0.25, 0.3) is 17.1 Å². The molecule has 0 amide bonds. The van der Waals surface area contributed by atoms with E-state index in [0.717, 1.165) is 29.4 Å². The van der Waals surface area contributed by atoms with E-state index in [0.29, 0.717) is 11.7 Å². The summed E-state index contributed by atoms with van der Waals surface area (Å²) >= 11 is 0. The number of nitrogens with zero attached hydrogens (tertiary/aromatic N) is 3. The van der Waals surface area contributed by atoms with E-state index >= 15 is 0 Å². The Labute approximate surface area is 129 Å². The Morgan fingerprint density at radius 3 is 2.55 bits per heavy atom. The molecule has 2 aliphatic rings. The van der Waals surface area contributed by atoms with Crippen LogP contribution >= 0.6 is 0 Å². The molecule has 1 aromatic heterocycles. The molecule has 2 aliphatic carbocycles. The molecule has 0 radical (unpaired) electrons. The van der Waals surface area contributed by atoms with Crippen molar-refractivity contribution in [3.63, 3.8) is 0 Å². The van der Waals surface area contributed by atoms with Crippen LogP contribution in [0.4, 0.5) is 0 Å². The van der Waals surface area contributed by atoms with Crippen molar-refractivity contribution in [3.05, 3.63) is 35.7 Å². The molecule has 1 heterocycles. The average Bonchev–Trinajstić information content (AvgIpc) is 2.81. The summed E-state index contributed by atoms with van der Waals surface area (Å²) in [5.41, 5.74) is 2.24. The van der Waals surface area contributed by atoms with Crippen molar-refractivity contribution in [2.24, 2.45) is 16.7 Å². The zero-order valence-corrected chi connectivity index (χ0v) is 13.1. The van der Waals surface area contributed by atoms with E-state index in [4.69, 9.17) is 0 Å². The summed E-state index contributed by atoms with van der Waals surface area (Å²) < 4.78 is 0. The molecule has 0 spiro atoms. The number of carbonyl (C=O) groups is 1. The van der Waals surface area contributed by atoms with Gasteiger partial charge >= 0.3 is 0 Å². The lowest BCUT2D eigenvalue weighted by molar-refractivity contribution is -0.125. The van der Waals surface area contributed by atoms with E-state index in [1.807, 2.05) is 30.3 Å². The van der Waals surface area contributed by atoms with Crippen LogP contribution < -0.4 is 0 Å². The molecule has 2 fully saturated rings. The van der Waals surface area contributed by atoms with Crippen LogP contribution in [0, 0.1) is 16.7 Å². The minimum Gasteiger partial charge on any atom is -0.294 e. The minimum atomic E-state index is -0.242. The highest BCUT2D eigenvalue weighted by atomic mass is 16.1. The maximum Gasteiger partial charge on any atom is 0.175 e. The van der Waals surface area contributed by atoms with Gasteiger partial charge in [0.2, 0.25) is 0 Å². The number of hydrogen-bond acceptors (Lipinski definition) is 4. The highest BCUT2D eigenvalue weighted by Gasteiger charge is 2.63. The number of hydrogen-bond donors (Lipinski definition) is 0. The third-order valence-electron chi connectivity index (χ3n) is 6.03. The third-order valence-corrected chi connectivity index (χ3v) is 6.03. The predicted octanol–water partition coefficient (Wildman–Crippen LogP) is 3.43. The van der Waals surface area contributed by atoms with Gasteiger partial charge in [0.15, 0.2) is 11.6 Å². The molecular formula is C18H19N3O. The molecule has 112 valence electrons. The monoisotopic (exact) mass is 293 g/mol. The fourth-order valence-corrected chi connectivity index (χ4v) is 4.19. The Kier molecular flexibility index (Phi) is 2.60. The molecule has 4 rings (SSSR count). The maximum atomic E-state index is 12.8. The first-order valence-electron chi connectivity index (χ1n) is 7.79. The first-order chi connectivity index (χ1) is 10.4. The van der Waals surface area contributed by atoms with Crippen LogP contribution in [0.3, 0.4) is 0 Å². The van der Waals surface area contributed by atoms with Crippen LogP contribution in [0.2, 0.25) is 0 Å². The van der Waals surface area contributed by atoms with E-state index in [-0.39, 0.29) is 16.6 Å². The third kappa shape index (κ3) is 1.58. The van der Waals surface area contributed by atoms with Crippen LogP contribution in [0.5, 0.6) is 0 Å². The number of para-hydroxylation sites is 1. The van der Waals surface area contributed by atoms with Gasteiger partial charge in [0, 0.05) is 11.0 Å². The maximum absolute atomic E-state index is 12.8. The second kappa shape index (κ2) is 4.22. The van der Waals surface area contributed by atoms with Gasteiger partial charge in [0.25, 0.3) is 0 Å². The topological polar surface area (TPSA) is 55.7 Å². The Balaban J connectivity index is 1.81. The second-order valence-electron chi connectivity index (χ2n) is 7.23.